The Hall–Kier alpha value is -1.22. The molecule has 2 atom stereocenters. The lowest BCUT2D eigenvalue weighted by molar-refractivity contribution is -0.111. The fraction of sp³-hybridized carbons (Fsp3) is 0.462. The zero-order valence-electron chi connectivity index (χ0n) is 9.53. The molecule has 2 nitrogen and oxygen atoms in total. The normalized spacial score (nSPS) is 27.9. The van der Waals surface area contributed by atoms with Crippen LogP contribution in [-0.2, 0) is 4.79 Å². The fourth-order valence-electron chi connectivity index (χ4n) is 2.45. The quantitative estimate of drug-likeness (QED) is 0.775. The van der Waals surface area contributed by atoms with Crippen LogP contribution in [0.3, 0.4) is 0 Å². The number of carbonyl (C=O) groups is 1. The molecule has 3 heteroatoms. The number of rotatable bonds is 2. The second-order valence-electron chi connectivity index (χ2n) is 4.95. The molecule has 1 aliphatic rings. The summed E-state index contributed by atoms with van der Waals surface area (Å²) in [7, 11) is 0. The number of carbonyl (C=O) groups excluding carboxylic acids is 1. The third kappa shape index (κ3) is 1.76. The summed E-state index contributed by atoms with van der Waals surface area (Å²) in [5, 5.41) is 3.20. The maximum Gasteiger partial charge on any atom is 0.137 e. The van der Waals surface area contributed by atoms with Crippen LogP contribution in [0.1, 0.15) is 25.3 Å². The van der Waals surface area contributed by atoms with E-state index in [1.807, 2.05) is 0 Å². The Labute approximate surface area is 94.9 Å². The maximum absolute atomic E-state index is 12.8. The molecular weight excluding hydrogens is 205 g/mol. The van der Waals surface area contributed by atoms with Crippen molar-refractivity contribution in [3.8, 4) is 0 Å². The van der Waals surface area contributed by atoms with Crippen LogP contribution in [0.25, 0.3) is 0 Å². The summed E-state index contributed by atoms with van der Waals surface area (Å²) < 4.78 is 12.8. The van der Waals surface area contributed by atoms with Gasteiger partial charge in [-0.15, -0.1) is 0 Å². The SMILES string of the molecule is CC1(C)C(C=O)NCC1c1ccc(F)cc1. The second kappa shape index (κ2) is 3.98. The molecular formula is C13H16FNO. The van der Waals surface area contributed by atoms with Crippen molar-refractivity contribution in [3.05, 3.63) is 35.6 Å². The van der Waals surface area contributed by atoms with E-state index in [1.54, 1.807) is 12.1 Å². The molecule has 0 amide bonds. The largest absolute Gasteiger partial charge is 0.307 e. The van der Waals surface area contributed by atoms with E-state index in [0.29, 0.717) is 0 Å². The number of hydrogen-bond acceptors (Lipinski definition) is 2. The third-order valence-electron chi connectivity index (χ3n) is 3.65. The topological polar surface area (TPSA) is 29.1 Å². The highest BCUT2D eigenvalue weighted by molar-refractivity contribution is 5.61. The average Bonchev–Trinajstić information content (AvgIpc) is 2.54. The van der Waals surface area contributed by atoms with Crippen molar-refractivity contribution in [2.24, 2.45) is 5.41 Å². The first-order valence-corrected chi connectivity index (χ1v) is 5.50. The number of aldehydes is 1. The first kappa shape index (κ1) is 11.3. The summed E-state index contributed by atoms with van der Waals surface area (Å²) in [5.74, 6) is 0.0303. The first-order valence-electron chi connectivity index (χ1n) is 5.50. The molecule has 0 aliphatic carbocycles. The summed E-state index contributed by atoms with van der Waals surface area (Å²) in [5.41, 5.74) is 0.961. The van der Waals surface area contributed by atoms with Crippen molar-refractivity contribution in [1.82, 2.24) is 5.32 Å². The van der Waals surface area contributed by atoms with Gasteiger partial charge in [0.05, 0.1) is 6.04 Å². The standard InChI is InChI=1S/C13H16FNO/c1-13(2)11(7-15-12(13)8-16)9-3-5-10(14)6-4-9/h3-6,8,11-12,15H,7H2,1-2H3. The highest BCUT2D eigenvalue weighted by Crippen LogP contribution is 2.41. The van der Waals surface area contributed by atoms with E-state index in [1.165, 1.54) is 12.1 Å². The number of nitrogens with one attached hydrogen (secondary N) is 1. The van der Waals surface area contributed by atoms with Crippen molar-refractivity contribution in [2.45, 2.75) is 25.8 Å². The number of hydrogen-bond donors (Lipinski definition) is 1. The van der Waals surface area contributed by atoms with Gasteiger partial charge in [-0.2, -0.15) is 0 Å². The zero-order chi connectivity index (χ0) is 11.8. The van der Waals surface area contributed by atoms with Crippen LogP contribution in [0.4, 0.5) is 4.39 Å². The van der Waals surface area contributed by atoms with Crippen LogP contribution >= 0.6 is 0 Å². The van der Waals surface area contributed by atoms with E-state index in [0.717, 1.165) is 18.4 Å². The summed E-state index contributed by atoms with van der Waals surface area (Å²) >= 11 is 0. The van der Waals surface area contributed by atoms with E-state index in [4.69, 9.17) is 0 Å². The minimum Gasteiger partial charge on any atom is -0.307 e. The minimum atomic E-state index is -0.223. The maximum atomic E-state index is 12.8. The Morgan fingerprint density at radius 2 is 2.00 bits per heavy atom. The van der Waals surface area contributed by atoms with E-state index >= 15 is 0 Å². The molecule has 2 rings (SSSR count). The Kier molecular flexibility index (Phi) is 2.80. The van der Waals surface area contributed by atoms with Crippen molar-refractivity contribution < 1.29 is 9.18 Å². The van der Waals surface area contributed by atoms with Crippen LogP contribution < -0.4 is 5.32 Å². The third-order valence-corrected chi connectivity index (χ3v) is 3.65. The van der Waals surface area contributed by atoms with E-state index in [2.05, 4.69) is 19.2 Å². The van der Waals surface area contributed by atoms with Gasteiger partial charge >= 0.3 is 0 Å². The van der Waals surface area contributed by atoms with Crippen molar-refractivity contribution >= 4 is 6.29 Å². The van der Waals surface area contributed by atoms with Crippen LogP contribution in [0, 0.1) is 11.2 Å². The van der Waals surface area contributed by atoms with E-state index in [-0.39, 0.29) is 23.2 Å². The van der Waals surface area contributed by atoms with Crippen molar-refractivity contribution in [3.63, 3.8) is 0 Å². The summed E-state index contributed by atoms with van der Waals surface area (Å²) in [6.07, 6.45) is 0.962. The van der Waals surface area contributed by atoms with E-state index in [9.17, 15) is 9.18 Å². The molecule has 86 valence electrons. The Morgan fingerprint density at radius 1 is 1.38 bits per heavy atom. The van der Waals surface area contributed by atoms with Crippen LogP contribution in [0.15, 0.2) is 24.3 Å². The Bertz CT molecular complexity index is 385. The number of halogens is 1. The molecule has 0 radical (unpaired) electrons. The summed E-state index contributed by atoms with van der Waals surface area (Å²) in [4.78, 5) is 10.9. The van der Waals surface area contributed by atoms with Gasteiger partial charge in [0.25, 0.3) is 0 Å². The molecule has 2 unspecified atom stereocenters. The molecule has 1 aliphatic heterocycles. The van der Waals surface area contributed by atoms with Gasteiger partial charge in [-0.05, 0) is 23.1 Å². The fourth-order valence-corrected chi connectivity index (χ4v) is 2.45. The first-order chi connectivity index (χ1) is 7.55. The zero-order valence-corrected chi connectivity index (χ0v) is 9.53. The molecule has 1 heterocycles. The van der Waals surface area contributed by atoms with Crippen LogP contribution in [0.2, 0.25) is 0 Å². The molecule has 1 fully saturated rings. The monoisotopic (exact) mass is 221 g/mol. The van der Waals surface area contributed by atoms with Gasteiger partial charge in [0.1, 0.15) is 12.1 Å². The van der Waals surface area contributed by atoms with Gasteiger partial charge in [-0.1, -0.05) is 26.0 Å². The highest BCUT2D eigenvalue weighted by Gasteiger charge is 2.43. The Balaban J connectivity index is 2.29. The van der Waals surface area contributed by atoms with Crippen LogP contribution in [-0.4, -0.2) is 18.9 Å². The molecule has 0 aromatic heterocycles. The van der Waals surface area contributed by atoms with Gasteiger partial charge in [-0.3, -0.25) is 0 Å². The van der Waals surface area contributed by atoms with Crippen molar-refractivity contribution in [2.75, 3.05) is 6.54 Å². The lowest BCUT2D eigenvalue weighted by Gasteiger charge is -2.29. The molecule has 1 N–H and O–H groups in total. The summed E-state index contributed by atoms with van der Waals surface area (Å²) in [6, 6.07) is 6.43. The lowest BCUT2D eigenvalue weighted by Crippen LogP contribution is -2.35. The van der Waals surface area contributed by atoms with Gasteiger partial charge < -0.3 is 10.1 Å². The Morgan fingerprint density at radius 3 is 2.50 bits per heavy atom. The molecule has 1 aromatic rings. The minimum absolute atomic E-state index is 0.123. The van der Waals surface area contributed by atoms with Gasteiger partial charge in [0.15, 0.2) is 0 Å². The lowest BCUT2D eigenvalue weighted by atomic mass is 9.74. The predicted octanol–water partition coefficient (Wildman–Crippen LogP) is 2.11. The average molecular weight is 221 g/mol. The predicted molar refractivity (Wildman–Crippen MR) is 60.8 cm³/mol. The molecule has 0 bridgehead atoms. The molecule has 0 spiro atoms. The molecule has 1 aromatic carbocycles. The van der Waals surface area contributed by atoms with Crippen molar-refractivity contribution in [1.29, 1.82) is 0 Å². The van der Waals surface area contributed by atoms with Gasteiger partial charge in [-0.25, -0.2) is 4.39 Å². The second-order valence-corrected chi connectivity index (χ2v) is 4.95. The van der Waals surface area contributed by atoms with Gasteiger partial charge in [0.2, 0.25) is 0 Å². The highest BCUT2D eigenvalue weighted by atomic mass is 19.1. The number of benzene rings is 1. The molecule has 1 saturated heterocycles. The smallest absolute Gasteiger partial charge is 0.137 e. The summed E-state index contributed by atoms with van der Waals surface area (Å²) in [6.45, 7) is 4.90. The van der Waals surface area contributed by atoms with Gasteiger partial charge in [0, 0.05) is 12.5 Å². The van der Waals surface area contributed by atoms with E-state index < -0.39 is 0 Å². The van der Waals surface area contributed by atoms with Crippen LogP contribution in [0.5, 0.6) is 0 Å². The molecule has 0 saturated carbocycles. The molecule has 16 heavy (non-hydrogen) atoms.